The Kier molecular flexibility index (Phi) is 5.01. The lowest BCUT2D eigenvalue weighted by atomic mass is 10.1. The van der Waals surface area contributed by atoms with Crippen LogP contribution < -0.4 is 0 Å². The van der Waals surface area contributed by atoms with Gasteiger partial charge in [0.15, 0.2) is 6.61 Å². The molecule has 1 aliphatic rings. The number of hydrogen-bond acceptors (Lipinski definition) is 5. The fraction of sp³-hybridized carbons (Fsp3) is 0.200. The molecule has 0 atom stereocenters. The first-order chi connectivity index (χ1) is 13.1. The van der Waals surface area contributed by atoms with E-state index in [2.05, 4.69) is 0 Å². The van der Waals surface area contributed by atoms with Gasteiger partial charge in [0.1, 0.15) is 5.76 Å². The lowest BCUT2D eigenvalue weighted by Crippen LogP contribution is -2.38. The zero-order chi connectivity index (χ0) is 18.8. The second-order valence-corrected chi connectivity index (χ2v) is 7.56. The van der Waals surface area contributed by atoms with Crippen LogP contribution in [-0.4, -0.2) is 29.9 Å². The lowest BCUT2D eigenvalue weighted by Gasteiger charge is -2.26. The summed E-state index contributed by atoms with van der Waals surface area (Å²) in [6.07, 6.45) is 0.839. The largest absolute Gasteiger partial charge is 0.450 e. The summed E-state index contributed by atoms with van der Waals surface area (Å²) in [5.41, 5.74) is 1.86. The molecule has 7 heteroatoms. The average Bonchev–Trinajstić information content (AvgIpc) is 3.35. The van der Waals surface area contributed by atoms with Crippen LogP contribution in [0.1, 0.15) is 21.0 Å². The monoisotopic (exact) mass is 401 g/mol. The molecule has 0 radical (unpaired) electrons. The van der Waals surface area contributed by atoms with Gasteiger partial charge in [0, 0.05) is 23.5 Å². The molecule has 5 nitrogen and oxygen atoms in total. The molecule has 4 rings (SSSR count). The Balaban J connectivity index is 1.36. The molecule has 0 bridgehead atoms. The van der Waals surface area contributed by atoms with Crippen molar-refractivity contribution in [1.82, 2.24) is 4.90 Å². The highest BCUT2D eigenvalue weighted by Gasteiger charge is 2.23. The van der Waals surface area contributed by atoms with E-state index < -0.39 is 5.97 Å². The van der Waals surface area contributed by atoms with Crippen LogP contribution in [-0.2, 0) is 22.5 Å². The van der Waals surface area contributed by atoms with Crippen LogP contribution >= 0.6 is 22.9 Å². The van der Waals surface area contributed by atoms with E-state index in [9.17, 15) is 9.59 Å². The van der Waals surface area contributed by atoms with Crippen molar-refractivity contribution in [3.63, 3.8) is 0 Å². The Morgan fingerprint density at radius 2 is 2.04 bits per heavy atom. The van der Waals surface area contributed by atoms with Gasteiger partial charge in [-0.15, -0.1) is 11.3 Å². The molecule has 3 heterocycles. The quantitative estimate of drug-likeness (QED) is 0.608. The molecule has 0 unspecified atom stereocenters. The van der Waals surface area contributed by atoms with Gasteiger partial charge < -0.3 is 14.1 Å². The summed E-state index contributed by atoms with van der Waals surface area (Å²) >= 11 is 7.85. The van der Waals surface area contributed by atoms with Crippen molar-refractivity contribution in [3.8, 4) is 11.3 Å². The number of carbonyl (C=O) groups excluding carboxylic acids is 2. The summed E-state index contributed by atoms with van der Waals surface area (Å²) in [5, 5.41) is 2.56. The standard InChI is InChI=1S/C20H16ClNO4S/c21-15-4-2-1-3-14(15)16-5-6-17(26-16)20(24)25-12-19(23)22-9-7-18-13(11-22)8-10-27-18/h1-6,8,10H,7,9,11-12H2. The number of benzene rings is 1. The third kappa shape index (κ3) is 3.77. The Morgan fingerprint density at radius 1 is 1.19 bits per heavy atom. The van der Waals surface area contributed by atoms with Gasteiger partial charge in [-0.25, -0.2) is 4.79 Å². The maximum Gasteiger partial charge on any atom is 0.374 e. The van der Waals surface area contributed by atoms with E-state index >= 15 is 0 Å². The van der Waals surface area contributed by atoms with E-state index in [-0.39, 0.29) is 18.3 Å². The summed E-state index contributed by atoms with van der Waals surface area (Å²) in [6.45, 7) is 0.897. The van der Waals surface area contributed by atoms with Gasteiger partial charge in [0.2, 0.25) is 5.76 Å². The molecule has 138 valence electrons. The number of rotatable bonds is 4. The first kappa shape index (κ1) is 17.8. The number of furan rings is 1. The van der Waals surface area contributed by atoms with Crippen molar-refractivity contribution >= 4 is 34.8 Å². The van der Waals surface area contributed by atoms with E-state index in [1.807, 2.05) is 23.6 Å². The van der Waals surface area contributed by atoms with Crippen molar-refractivity contribution < 1.29 is 18.7 Å². The number of nitrogens with zero attached hydrogens (tertiary/aromatic N) is 1. The summed E-state index contributed by atoms with van der Waals surface area (Å²) in [6, 6.07) is 12.4. The fourth-order valence-electron chi connectivity index (χ4n) is 3.00. The molecule has 3 aromatic rings. The highest BCUT2D eigenvalue weighted by molar-refractivity contribution is 7.10. The molecule has 27 heavy (non-hydrogen) atoms. The van der Waals surface area contributed by atoms with Crippen LogP contribution in [0.15, 0.2) is 52.3 Å². The maximum atomic E-state index is 12.3. The Morgan fingerprint density at radius 3 is 2.89 bits per heavy atom. The molecule has 0 saturated heterocycles. The number of halogens is 1. The number of carbonyl (C=O) groups is 2. The third-order valence-electron chi connectivity index (χ3n) is 4.43. The summed E-state index contributed by atoms with van der Waals surface area (Å²) in [7, 11) is 0. The Bertz CT molecular complexity index is 993. The van der Waals surface area contributed by atoms with Crippen LogP contribution in [0.2, 0.25) is 5.02 Å². The van der Waals surface area contributed by atoms with Crippen molar-refractivity contribution in [3.05, 3.63) is 69.1 Å². The van der Waals surface area contributed by atoms with Crippen LogP contribution in [0.5, 0.6) is 0 Å². The first-order valence-electron chi connectivity index (χ1n) is 8.46. The summed E-state index contributed by atoms with van der Waals surface area (Å²) in [4.78, 5) is 27.6. The molecule has 0 saturated carbocycles. The van der Waals surface area contributed by atoms with Gasteiger partial charge in [0.25, 0.3) is 5.91 Å². The zero-order valence-corrected chi connectivity index (χ0v) is 15.9. The molecule has 2 aromatic heterocycles. The van der Waals surface area contributed by atoms with Crippen LogP contribution in [0, 0.1) is 0 Å². The van der Waals surface area contributed by atoms with Crippen molar-refractivity contribution in [2.24, 2.45) is 0 Å². The minimum absolute atomic E-state index is 0.0384. The number of fused-ring (bicyclic) bond motifs is 1. The number of amides is 1. The molecule has 1 amide bonds. The van der Waals surface area contributed by atoms with Crippen molar-refractivity contribution in [1.29, 1.82) is 0 Å². The fourth-order valence-corrected chi connectivity index (χ4v) is 4.12. The van der Waals surface area contributed by atoms with Gasteiger partial charge in [-0.3, -0.25) is 4.79 Å². The molecule has 0 N–H and O–H groups in total. The molecule has 0 spiro atoms. The number of esters is 1. The smallest absolute Gasteiger partial charge is 0.374 e. The minimum Gasteiger partial charge on any atom is -0.450 e. The third-order valence-corrected chi connectivity index (χ3v) is 5.79. The molecular weight excluding hydrogens is 386 g/mol. The predicted octanol–water partition coefficient (Wildman–Crippen LogP) is 4.40. The topological polar surface area (TPSA) is 59.8 Å². The zero-order valence-electron chi connectivity index (χ0n) is 14.3. The van der Waals surface area contributed by atoms with E-state index in [0.29, 0.717) is 29.4 Å². The molecular formula is C20H16ClNO4S. The first-order valence-corrected chi connectivity index (χ1v) is 9.72. The van der Waals surface area contributed by atoms with E-state index in [4.69, 9.17) is 20.8 Å². The van der Waals surface area contributed by atoms with Gasteiger partial charge >= 0.3 is 5.97 Å². The van der Waals surface area contributed by atoms with E-state index in [1.54, 1.807) is 34.4 Å². The SMILES string of the molecule is O=C(OCC(=O)N1CCc2sccc2C1)c1ccc(-c2ccccc2Cl)o1. The van der Waals surface area contributed by atoms with Crippen molar-refractivity contribution in [2.75, 3.05) is 13.2 Å². The molecule has 0 fully saturated rings. The normalized spacial score (nSPS) is 13.3. The van der Waals surface area contributed by atoms with Gasteiger partial charge in [0.05, 0.1) is 5.02 Å². The highest BCUT2D eigenvalue weighted by Crippen LogP contribution is 2.29. The van der Waals surface area contributed by atoms with E-state index in [0.717, 1.165) is 6.42 Å². The number of ether oxygens (including phenoxy) is 1. The second kappa shape index (κ2) is 7.58. The Hall–Kier alpha value is -2.57. The van der Waals surface area contributed by atoms with E-state index in [1.165, 1.54) is 16.5 Å². The number of thiophene rings is 1. The van der Waals surface area contributed by atoms with Crippen LogP contribution in [0.25, 0.3) is 11.3 Å². The van der Waals surface area contributed by atoms with Crippen molar-refractivity contribution in [2.45, 2.75) is 13.0 Å². The summed E-state index contributed by atoms with van der Waals surface area (Å²) < 4.78 is 10.7. The van der Waals surface area contributed by atoms with Crippen LogP contribution in [0.3, 0.4) is 0 Å². The van der Waals surface area contributed by atoms with Gasteiger partial charge in [-0.05, 0) is 47.7 Å². The maximum absolute atomic E-state index is 12.3. The minimum atomic E-state index is -0.671. The van der Waals surface area contributed by atoms with Crippen LogP contribution in [0.4, 0.5) is 0 Å². The van der Waals surface area contributed by atoms with Gasteiger partial charge in [-0.2, -0.15) is 0 Å². The second-order valence-electron chi connectivity index (χ2n) is 6.15. The lowest BCUT2D eigenvalue weighted by molar-refractivity contribution is -0.135. The van der Waals surface area contributed by atoms with Gasteiger partial charge in [-0.1, -0.05) is 23.7 Å². The molecule has 0 aliphatic carbocycles. The molecule has 1 aliphatic heterocycles. The predicted molar refractivity (Wildman–Crippen MR) is 103 cm³/mol. The molecule has 1 aromatic carbocycles. The summed E-state index contributed by atoms with van der Waals surface area (Å²) in [5.74, 6) is -0.371. The highest BCUT2D eigenvalue weighted by atomic mass is 35.5. The Labute approximate surface area is 165 Å². The number of hydrogen-bond donors (Lipinski definition) is 0. The average molecular weight is 402 g/mol.